The molecule has 2 nitrogen and oxygen atoms in total. The van der Waals surface area contributed by atoms with Gasteiger partial charge in [-0.15, -0.1) is 0 Å². The molecule has 84 valence electrons. The Labute approximate surface area is 97.2 Å². The molecule has 0 aromatic heterocycles. The number of hydrogen-bond donors (Lipinski definition) is 1. The highest BCUT2D eigenvalue weighted by molar-refractivity contribution is 9.10. The maximum Gasteiger partial charge on any atom is 0.138 e. The topological polar surface area (TPSA) is 29.5 Å². The first kappa shape index (κ1) is 12.5. The average molecular weight is 277 g/mol. The number of rotatable bonds is 3. The molecule has 0 aliphatic heterocycles. The first-order valence-corrected chi connectivity index (χ1v) is 5.46. The Morgan fingerprint density at radius 2 is 2.20 bits per heavy atom. The number of aryl methyl sites for hydroxylation is 1. The van der Waals surface area contributed by atoms with Crippen LogP contribution in [0.15, 0.2) is 10.5 Å². The van der Waals surface area contributed by atoms with Gasteiger partial charge in [0, 0.05) is 12.0 Å². The minimum absolute atomic E-state index is 0.330. The lowest BCUT2D eigenvalue weighted by molar-refractivity contribution is 0.193. The number of hydrogen-bond acceptors (Lipinski definition) is 2. The maximum atomic E-state index is 13.4. The summed E-state index contributed by atoms with van der Waals surface area (Å²) in [5.74, 6) is 0.299. The summed E-state index contributed by atoms with van der Waals surface area (Å²) in [7, 11) is 1.54. The van der Waals surface area contributed by atoms with E-state index in [4.69, 9.17) is 4.74 Å². The second-order valence-electron chi connectivity index (χ2n) is 3.55. The molecule has 0 aliphatic carbocycles. The molecule has 1 aromatic carbocycles. The molecule has 1 unspecified atom stereocenters. The van der Waals surface area contributed by atoms with Crippen molar-refractivity contribution in [2.24, 2.45) is 0 Å². The Morgan fingerprint density at radius 3 is 2.67 bits per heavy atom. The average Bonchev–Trinajstić information content (AvgIpc) is 2.13. The molecule has 1 N–H and O–H groups in total. The Balaban J connectivity index is 3.30. The van der Waals surface area contributed by atoms with E-state index in [-0.39, 0.29) is 5.82 Å². The highest BCUT2D eigenvalue weighted by Crippen LogP contribution is 2.33. The second kappa shape index (κ2) is 4.94. The molecular weight excluding hydrogens is 263 g/mol. The summed E-state index contributed by atoms with van der Waals surface area (Å²) >= 11 is 3.17. The van der Waals surface area contributed by atoms with Gasteiger partial charge < -0.3 is 9.84 Å². The minimum atomic E-state index is -0.531. The third-order valence-electron chi connectivity index (χ3n) is 2.15. The molecule has 4 heteroatoms. The molecule has 1 aromatic rings. The number of aliphatic hydroxyl groups excluding tert-OH is 1. The van der Waals surface area contributed by atoms with Crippen LogP contribution in [0, 0.1) is 12.7 Å². The van der Waals surface area contributed by atoms with Gasteiger partial charge in [0.05, 0.1) is 17.7 Å². The smallest absolute Gasteiger partial charge is 0.138 e. The van der Waals surface area contributed by atoms with Crippen molar-refractivity contribution in [3.63, 3.8) is 0 Å². The standard InChI is InChI=1S/C11H14BrFO2/c1-6-4-9(13)10(12)8(5-7(2)14)11(6)15-3/h4,7,14H,5H2,1-3H3. The van der Waals surface area contributed by atoms with E-state index >= 15 is 0 Å². The van der Waals surface area contributed by atoms with Crippen LogP contribution in [0.4, 0.5) is 4.39 Å². The van der Waals surface area contributed by atoms with E-state index in [2.05, 4.69) is 15.9 Å². The molecule has 15 heavy (non-hydrogen) atoms. The summed E-state index contributed by atoms with van der Waals surface area (Å²) in [6.45, 7) is 3.44. The van der Waals surface area contributed by atoms with Crippen LogP contribution in [-0.4, -0.2) is 18.3 Å². The van der Waals surface area contributed by atoms with Gasteiger partial charge >= 0.3 is 0 Å². The lowest BCUT2D eigenvalue weighted by Gasteiger charge is -2.15. The number of ether oxygens (including phenoxy) is 1. The van der Waals surface area contributed by atoms with Crippen molar-refractivity contribution in [1.82, 2.24) is 0 Å². The monoisotopic (exact) mass is 276 g/mol. The molecule has 1 atom stereocenters. The zero-order chi connectivity index (χ0) is 11.6. The molecule has 0 saturated heterocycles. The van der Waals surface area contributed by atoms with Gasteiger partial charge in [0.2, 0.25) is 0 Å². The van der Waals surface area contributed by atoms with Crippen LogP contribution in [-0.2, 0) is 6.42 Å². The normalized spacial score (nSPS) is 12.7. The van der Waals surface area contributed by atoms with Crippen LogP contribution in [0.3, 0.4) is 0 Å². The Hall–Kier alpha value is -0.610. The highest BCUT2D eigenvalue weighted by Gasteiger charge is 2.16. The van der Waals surface area contributed by atoms with Crippen LogP contribution >= 0.6 is 15.9 Å². The van der Waals surface area contributed by atoms with E-state index in [1.165, 1.54) is 13.2 Å². The Bertz CT molecular complexity index is 364. The quantitative estimate of drug-likeness (QED) is 0.920. The van der Waals surface area contributed by atoms with E-state index < -0.39 is 6.10 Å². The SMILES string of the molecule is COc1c(C)cc(F)c(Br)c1CC(C)O. The number of halogens is 2. The molecule has 0 bridgehead atoms. The Kier molecular flexibility index (Phi) is 4.11. The number of methoxy groups -OCH3 is 1. The fourth-order valence-corrected chi connectivity index (χ4v) is 2.02. The van der Waals surface area contributed by atoms with Gasteiger partial charge in [-0.25, -0.2) is 4.39 Å². The zero-order valence-corrected chi connectivity index (χ0v) is 10.6. The molecule has 1 rings (SSSR count). The first-order valence-electron chi connectivity index (χ1n) is 4.67. The molecule has 0 amide bonds. The van der Waals surface area contributed by atoms with E-state index in [0.717, 1.165) is 5.56 Å². The fraction of sp³-hybridized carbons (Fsp3) is 0.455. The van der Waals surface area contributed by atoms with Crippen molar-refractivity contribution < 1.29 is 14.2 Å². The molecule has 0 spiro atoms. The van der Waals surface area contributed by atoms with Crippen molar-refractivity contribution in [3.05, 3.63) is 27.5 Å². The van der Waals surface area contributed by atoms with Gasteiger partial charge in [0.1, 0.15) is 11.6 Å². The van der Waals surface area contributed by atoms with E-state index in [9.17, 15) is 9.50 Å². The third kappa shape index (κ3) is 2.69. The van der Waals surface area contributed by atoms with Crippen LogP contribution in [0.2, 0.25) is 0 Å². The zero-order valence-electron chi connectivity index (χ0n) is 8.97. The Morgan fingerprint density at radius 1 is 1.60 bits per heavy atom. The lowest BCUT2D eigenvalue weighted by atomic mass is 10.0. The predicted molar refractivity (Wildman–Crippen MR) is 60.8 cm³/mol. The third-order valence-corrected chi connectivity index (χ3v) is 3.01. The van der Waals surface area contributed by atoms with Crippen LogP contribution in [0.1, 0.15) is 18.1 Å². The number of benzene rings is 1. The van der Waals surface area contributed by atoms with Crippen molar-refractivity contribution in [3.8, 4) is 5.75 Å². The highest BCUT2D eigenvalue weighted by atomic mass is 79.9. The summed E-state index contributed by atoms with van der Waals surface area (Å²) < 4.78 is 19.0. The maximum absolute atomic E-state index is 13.4. The summed E-state index contributed by atoms with van der Waals surface area (Å²) in [6.07, 6.45) is -0.168. The number of aliphatic hydroxyl groups is 1. The molecule has 0 fully saturated rings. The van der Waals surface area contributed by atoms with Gasteiger partial charge in [-0.3, -0.25) is 0 Å². The van der Waals surface area contributed by atoms with Gasteiger partial charge in [-0.2, -0.15) is 0 Å². The van der Waals surface area contributed by atoms with Gasteiger partial charge in [-0.1, -0.05) is 0 Å². The van der Waals surface area contributed by atoms with Crippen molar-refractivity contribution in [1.29, 1.82) is 0 Å². The molecule has 0 heterocycles. The van der Waals surface area contributed by atoms with E-state index in [1.54, 1.807) is 13.8 Å². The molecule has 0 radical (unpaired) electrons. The second-order valence-corrected chi connectivity index (χ2v) is 4.35. The molecule has 0 aliphatic rings. The largest absolute Gasteiger partial charge is 0.496 e. The summed E-state index contributed by atoms with van der Waals surface area (Å²) in [4.78, 5) is 0. The minimum Gasteiger partial charge on any atom is -0.496 e. The van der Waals surface area contributed by atoms with Gasteiger partial charge in [0.15, 0.2) is 0 Å². The van der Waals surface area contributed by atoms with Crippen LogP contribution in [0.25, 0.3) is 0 Å². The summed E-state index contributed by atoms with van der Waals surface area (Å²) in [5.41, 5.74) is 1.40. The predicted octanol–water partition coefficient (Wildman–Crippen LogP) is 2.83. The molecular formula is C11H14BrFO2. The summed E-state index contributed by atoms with van der Waals surface area (Å²) in [5, 5.41) is 9.33. The van der Waals surface area contributed by atoms with Gasteiger partial charge in [-0.05, 0) is 41.4 Å². The van der Waals surface area contributed by atoms with Gasteiger partial charge in [0.25, 0.3) is 0 Å². The van der Waals surface area contributed by atoms with E-state index in [1.807, 2.05) is 0 Å². The van der Waals surface area contributed by atoms with Crippen molar-refractivity contribution in [2.75, 3.05) is 7.11 Å². The van der Waals surface area contributed by atoms with Crippen molar-refractivity contribution in [2.45, 2.75) is 26.4 Å². The first-order chi connectivity index (χ1) is 6.97. The van der Waals surface area contributed by atoms with Crippen molar-refractivity contribution >= 4 is 15.9 Å². The summed E-state index contributed by atoms with van der Waals surface area (Å²) in [6, 6.07) is 1.41. The molecule has 0 saturated carbocycles. The lowest BCUT2D eigenvalue weighted by Crippen LogP contribution is -2.08. The fourth-order valence-electron chi connectivity index (χ4n) is 1.56. The van der Waals surface area contributed by atoms with Crippen LogP contribution in [0.5, 0.6) is 5.75 Å². The van der Waals surface area contributed by atoms with Crippen LogP contribution < -0.4 is 4.74 Å². The van der Waals surface area contributed by atoms with E-state index in [0.29, 0.717) is 22.2 Å².